The van der Waals surface area contributed by atoms with Crippen molar-refractivity contribution >= 4 is 28.7 Å². The topological polar surface area (TPSA) is 20.2 Å². The molecule has 0 spiro atoms. The Balaban J connectivity index is 3.74. The van der Waals surface area contributed by atoms with Gasteiger partial charge in [-0.15, -0.1) is 0 Å². The number of halogens is 1. The third-order valence-corrected chi connectivity index (χ3v) is 4.67. The van der Waals surface area contributed by atoms with Crippen molar-refractivity contribution < 1.29 is 4.89 Å². The molecule has 0 aromatic heterocycles. The summed E-state index contributed by atoms with van der Waals surface area (Å²) >= 11 is 10.2. The minimum Gasteiger partial charge on any atom is -0.354 e. The Hall–Kier alpha value is 0.900. The predicted octanol–water partition coefficient (Wildman–Crippen LogP) is 2.72. The maximum Gasteiger partial charge on any atom is 0.151 e. The van der Waals surface area contributed by atoms with E-state index >= 15 is 0 Å². The Morgan fingerprint density at radius 3 is 2.33 bits per heavy atom. The fraction of sp³-hybridized carbons (Fsp3) is 1.00. The SMILES string of the molecule is CCC[C@H](C)P(O)(=S)Cl. The summed E-state index contributed by atoms with van der Waals surface area (Å²) in [5.74, 6) is 0. The molecular weight excluding hydrogens is 175 g/mol. The zero-order valence-corrected chi connectivity index (χ0v) is 8.14. The van der Waals surface area contributed by atoms with Gasteiger partial charge in [0.05, 0.1) is 0 Å². The van der Waals surface area contributed by atoms with Gasteiger partial charge >= 0.3 is 0 Å². The second-order valence-electron chi connectivity index (χ2n) is 2.18. The van der Waals surface area contributed by atoms with Crippen molar-refractivity contribution in [2.45, 2.75) is 32.3 Å². The van der Waals surface area contributed by atoms with Gasteiger partial charge in [0.2, 0.25) is 0 Å². The number of rotatable bonds is 3. The van der Waals surface area contributed by atoms with E-state index in [2.05, 4.69) is 6.92 Å². The van der Waals surface area contributed by atoms with Crippen LogP contribution in [0.2, 0.25) is 0 Å². The van der Waals surface area contributed by atoms with Gasteiger partial charge in [0, 0.05) is 5.66 Å². The van der Waals surface area contributed by atoms with Gasteiger partial charge in [0.15, 0.2) is 5.62 Å². The van der Waals surface area contributed by atoms with Crippen molar-refractivity contribution in [1.29, 1.82) is 0 Å². The Morgan fingerprint density at radius 2 is 2.22 bits per heavy atom. The van der Waals surface area contributed by atoms with Crippen LogP contribution >= 0.6 is 16.9 Å². The van der Waals surface area contributed by atoms with E-state index in [1.165, 1.54) is 0 Å². The van der Waals surface area contributed by atoms with Gasteiger partial charge in [0.25, 0.3) is 0 Å². The third kappa shape index (κ3) is 4.32. The van der Waals surface area contributed by atoms with E-state index in [0.29, 0.717) is 0 Å². The third-order valence-electron chi connectivity index (χ3n) is 1.25. The van der Waals surface area contributed by atoms with Crippen LogP contribution in [0.5, 0.6) is 0 Å². The van der Waals surface area contributed by atoms with Crippen molar-refractivity contribution in [3.63, 3.8) is 0 Å². The maximum absolute atomic E-state index is 9.11. The van der Waals surface area contributed by atoms with Crippen LogP contribution in [0.25, 0.3) is 0 Å². The molecule has 9 heavy (non-hydrogen) atoms. The van der Waals surface area contributed by atoms with E-state index in [1.54, 1.807) is 0 Å². The highest BCUT2D eigenvalue weighted by Crippen LogP contribution is 2.53. The minimum absolute atomic E-state index is 0.110. The largest absolute Gasteiger partial charge is 0.354 e. The van der Waals surface area contributed by atoms with E-state index in [0.717, 1.165) is 12.8 Å². The first-order valence-electron chi connectivity index (χ1n) is 3.00. The normalized spacial score (nSPS) is 20.9. The Labute approximate surface area is 66.3 Å². The zero-order chi connectivity index (χ0) is 7.49. The summed E-state index contributed by atoms with van der Waals surface area (Å²) in [6.07, 6.45) is 1.96. The lowest BCUT2D eigenvalue weighted by molar-refractivity contribution is 0.610. The molecule has 0 saturated heterocycles. The lowest BCUT2D eigenvalue weighted by atomic mass is 10.3. The number of hydrogen-bond donors (Lipinski definition) is 1. The molecule has 2 atom stereocenters. The second-order valence-corrected chi connectivity index (χ2v) is 7.97. The standard InChI is InChI=1S/C5H12ClOPS/c1-3-4-5(2)8(6,7)9/h5H,3-4H2,1-2H3,(H,7,9)/t5-,8?/m0/s1. The first kappa shape index (κ1) is 9.90. The first-order valence-corrected chi connectivity index (χ1v) is 6.73. The summed E-state index contributed by atoms with van der Waals surface area (Å²) < 4.78 is 0. The van der Waals surface area contributed by atoms with Crippen LogP contribution in [-0.4, -0.2) is 10.6 Å². The van der Waals surface area contributed by atoms with Gasteiger partial charge < -0.3 is 4.89 Å². The van der Waals surface area contributed by atoms with Crippen LogP contribution in [-0.2, 0) is 11.8 Å². The van der Waals surface area contributed by atoms with E-state index in [-0.39, 0.29) is 5.66 Å². The molecule has 0 bridgehead atoms. The molecule has 1 nitrogen and oxygen atoms in total. The highest BCUT2D eigenvalue weighted by molar-refractivity contribution is 8.24. The van der Waals surface area contributed by atoms with Crippen LogP contribution in [0.1, 0.15) is 26.7 Å². The molecule has 1 N–H and O–H groups in total. The van der Waals surface area contributed by atoms with Crippen molar-refractivity contribution in [1.82, 2.24) is 0 Å². The van der Waals surface area contributed by atoms with Gasteiger partial charge in [-0.05, 0) is 6.42 Å². The predicted molar refractivity (Wildman–Crippen MR) is 46.7 cm³/mol. The lowest BCUT2D eigenvalue weighted by Gasteiger charge is -2.13. The van der Waals surface area contributed by atoms with Gasteiger partial charge in [-0.25, -0.2) is 0 Å². The van der Waals surface area contributed by atoms with E-state index in [9.17, 15) is 0 Å². The summed E-state index contributed by atoms with van der Waals surface area (Å²) in [6.45, 7) is 3.95. The second kappa shape index (κ2) is 3.92. The van der Waals surface area contributed by atoms with Gasteiger partial charge in [-0.1, -0.05) is 43.3 Å². The Morgan fingerprint density at radius 1 is 1.78 bits per heavy atom. The van der Waals surface area contributed by atoms with Crippen molar-refractivity contribution in [2.24, 2.45) is 0 Å². The molecule has 4 heteroatoms. The molecule has 56 valence electrons. The summed E-state index contributed by atoms with van der Waals surface area (Å²) in [7, 11) is 0. The zero-order valence-electron chi connectivity index (χ0n) is 5.67. The fourth-order valence-corrected chi connectivity index (χ4v) is 1.76. The molecule has 0 amide bonds. The molecule has 1 unspecified atom stereocenters. The highest BCUT2D eigenvalue weighted by Gasteiger charge is 2.16. The Bertz CT molecular complexity index is 122. The molecular formula is C5H12ClOPS. The van der Waals surface area contributed by atoms with Crippen molar-refractivity contribution in [3.8, 4) is 0 Å². The smallest absolute Gasteiger partial charge is 0.151 e. The Kier molecular flexibility index (Phi) is 4.31. The van der Waals surface area contributed by atoms with Crippen LogP contribution in [0.3, 0.4) is 0 Å². The quantitative estimate of drug-likeness (QED) is 0.684. The summed E-state index contributed by atoms with van der Waals surface area (Å²) in [5.41, 5.74) is -2.36. The molecule has 0 aliphatic rings. The molecule has 0 aliphatic heterocycles. The van der Waals surface area contributed by atoms with Crippen LogP contribution in [0.15, 0.2) is 0 Å². The molecule has 0 aliphatic carbocycles. The molecule has 0 heterocycles. The summed E-state index contributed by atoms with van der Waals surface area (Å²) in [5, 5.41) is 0. The van der Waals surface area contributed by atoms with Gasteiger partial charge in [0.1, 0.15) is 0 Å². The minimum atomic E-state index is -2.47. The summed E-state index contributed by atoms with van der Waals surface area (Å²) in [6, 6.07) is 0. The molecule has 0 aromatic rings. The van der Waals surface area contributed by atoms with E-state index in [4.69, 9.17) is 27.9 Å². The monoisotopic (exact) mass is 186 g/mol. The first-order chi connectivity index (χ1) is 3.98. The van der Waals surface area contributed by atoms with Crippen LogP contribution in [0.4, 0.5) is 0 Å². The van der Waals surface area contributed by atoms with Crippen LogP contribution in [0, 0.1) is 0 Å². The van der Waals surface area contributed by atoms with Crippen molar-refractivity contribution in [3.05, 3.63) is 0 Å². The maximum atomic E-state index is 9.11. The fourth-order valence-electron chi connectivity index (χ4n) is 0.577. The molecule has 0 saturated carbocycles. The van der Waals surface area contributed by atoms with E-state index in [1.807, 2.05) is 6.92 Å². The molecule has 0 rings (SSSR count). The molecule has 0 fully saturated rings. The van der Waals surface area contributed by atoms with Crippen molar-refractivity contribution in [2.75, 3.05) is 0 Å². The average Bonchev–Trinajstić information content (AvgIpc) is 1.64. The molecule has 0 aromatic carbocycles. The highest BCUT2D eigenvalue weighted by atomic mass is 35.7. The molecule has 0 radical (unpaired) electrons. The van der Waals surface area contributed by atoms with Crippen LogP contribution < -0.4 is 0 Å². The average molecular weight is 187 g/mol. The summed E-state index contributed by atoms with van der Waals surface area (Å²) in [4.78, 5) is 9.11. The number of hydrogen-bond acceptors (Lipinski definition) is 1. The lowest BCUT2D eigenvalue weighted by Crippen LogP contribution is -1.97. The van der Waals surface area contributed by atoms with Gasteiger partial charge in [-0.3, -0.25) is 0 Å². The van der Waals surface area contributed by atoms with Gasteiger partial charge in [-0.2, -0.15) is 0 Å². The van der Waals surface area contributed by atoms with E-state index < -0.39 is 5.62 Å².